The van der Waals surface area contributed by atoms with Crippen LogP contribution >= 0.6 is 24.0 Å². The summed E-state index contributed by atoms with van der Waals surface area (Å²) in [5, 5.41) is 3.05. The second kappa shape index (κ2) is 10.9. The summed E-state index contributed by atoms with van der Waals surface area (Å²) in [7, 11) is -3.39. The maximum absolute atomic E-state index is 12.7. The van der Waals surface area contributed by atoms with E-state index >= 15 is 0 Å². The molecule has 0 aliphatic carbocycles. The fourth-order valence-corrected chi connectivity index (χ4v) is 4.52. The van der Waals surface area contributed by atoms with Crippen LogP contribution in [0.4, 0.5) is 5.69 Å². The minimum absolute atomic E-state index is 0. The van der Waals surface area contributed by atoms with Crippen molar-refractivity contribution < 1.29 is 13.2 Å². The molecule has 1 aliphatic heterocycles. The van der Waals surface area contributed by atoms with E-state index in [1.54, 1.807) is 0 Å². The van der Waals surface area contributed by atoms with Gasteiger partial charge in [-0.05, 0) is 30.2 Å². The first-order chi connectivity index (χ1) is 13.4. The van der Waals surface area contributed by atoms with E-state index < -0.39 is 10.0 Å². The molecule has 0 radical (unpaired) electrons. The van der Waals surface area contributed by atoms with Crippen molar-refractivity contribution in [2.45, 2.75) is 19.2 Å². The van der Waals surface area contributed by atoms with E-state index in [0.717, 1.165) is 22.4 Å². The molecule has 0 bridgehead atoms. The Morgan fingerprint density at radius 3 is 2.38 bits per heavy atom. The summed E-state index contributed by atoms with van der Waals surface area (Å²) in [6.07, 6.45) is 0. The highest BCUT2D eigenvalue weighted by atomic mass is 127. The Bertz CT molecular complexity index is 927. The summed E-state index contributed by atoms with van der Waals surface area (Å²) < 4.78 is 32.2. The summed E-state index contributed by atoms with van der Waals surface area (Å²) in [4.78, 5) is 4.37. The zero-order valence-electron chi connectivity index (χ0n) is 16.4. The van der Waals surface area contributed by atoms with Gasteiger partial charge in [0.2, 0.25) is 10.0 Å². The minimum Gasteiger partial charge on any atom is -0.379 e. The molecular weight excluding hydrogens is 503 g/mol. The average molecular weight is 530 g/mol. The van der Waals surface area contributed by atoms with Crippen molar-refractivity contribution in [3.05, 3.63) is 65.2 Å². The van der Waals surface area contributed by atoms with Crippen molar-refractivity contribution in [1.29, 1.82) is 0 Å². The van der Waals surface area contributed by atoms with Crippen LogP contribution in [-0.4, -0.2) is 45.0 Å². The van der Waals surface area contributed by atoms with E-state index in [1.165, 1.54) is 4.31 Å². The molecule has 0 amide bonds. The number of guanidine groups is 1. The smallest absolute Gasteiger partial charge is 0.218 e. The van der Waals surface area contributed by atoms with E-state index in [9.17, 15) is 8.42 Å². The monoisotopic (exact) mass is 530 g/mol. The number of nitrogens with zero attached hydrogens (tertiary/aromatic N) is 2. The maximum Gasteiger partial charge on any atom is 0.218 e. The Hall–Kier alpha value is -1.69. The number of rotatable bonds is 6. The van der Waals surface area contributed by atoms with Gasteiger partial charge in [0.05, 0.1) is 25.5 Å². The Morgan fingerprint density at radius 2 is 1.72 bits per heavy atom. The lowest BCUT2D eigenvalue weighted by atomic mass is 10.1. The van der Waals surface area contributed by atoms with E-state index in [1.807, 2.05) is 55.5 Å². The van der Waals surface area contributed by atoms with E-state index in [4.69, 9.17) is 10.5 Å². The van der Waals surface area contributed by atoms with Crippen LogP contribution in [0.5, 0.6) is 0 Å². The molecule has 0 saturated carbocycles. The molecule has 1 saturated heterocycles. The standard InChI is InChI=1S/C20H26N4O3S.HI/c1-16-6-8-19(9-7-16)23-20(21)22-14-17-4-2-3-5-18(17)15-28(25,26)24-10-12-27-13-11-24;/h2-9H,10-15H2,1H3,(H3,21,22,23);1H. The molecule has 29 heavy (non-hydrogen) atoms. The number of ether oxygens (including phenoxy) is 1. The molecule has 3 N–H and O–H groups in total. The van der Waals surface area contributed by atoms with Crippen LogP contribution in [0.1, 0.15) is 16.7 Å². The van der Waals surface area contributed by atoms with Gasteiger partial charge in [0.15, 0.2) is 5.96 Å². The summed E-state index contributed by atoms with van der Waals surface area (Å²) in [6, 6.07) is 15.3. The van der Waals surface area contributed by atoms with Crippen molar-refractivity contribution in [3.8, 4) is 0 Å². The van der Waals surface area contributed by atoms with Gasteiger partial charge in [-0.2, -0.15) is 4.31 Å². The number of hydrogen-bond donors (Lipinski definition) is 2. The molecule has 3 rings (SSSR count). The van der Waals surface area contributed by atoms with Gasteiger partial charge in [-0.3, -0.25) is 0 Å². The number of benzene rings is 2. The quantitative estimate of drug-likeness (QED) is 0.340. The molecule has 9 heteroatoms. The highest BCUT2D eigenvalue weighted by Crippen LogP contribution is 2.17. The third-order valence-electron chi connectivity index (χ3n) is 4.56. The number of hydrogen-bond acceptors (Lipinski definition) is 4. The third kappa shape index (κ3) is 6.95. The average Bonchev–Trinajstić information content (AvgIpc) is 2.69. The Morgan fingerprint density at radius 1 is 1.10 bits per heavy atom. The topological polar surface area (TPSA) is 97.0 Å². The van der Waals surface area contributed by atoms with E-state index in [2.05, 4.69) is 10.3 Å². The van der Waals surface area contributed by atoms with Crippen LogP contribution in [0, 0.1) is 6.92 Å². The van der Waals surface area contributed by atoms with Crippen LogP contribution in [0.2, 0.25) is 0 Å². The van der Waals surface area contributed by atoms with Gasteiger partial charge < -0.3 is 15.8 Å². The third-order valence-corrected chi connectivity index (χ3v) is 6.39. The molecule has 0 atom stereocenters. The number of morpholine rings is 1. The van der Waals surface area contributed by atoms with Crippen LogP contribution in [0.25, 0.3) is 0 Å². The molecule has 2 aromatic rings. The molecule has 7 nitrogen and oxygen atoms in total. The predicted molar refractivity (Wildman–Crippen MR) is 127 cm³/mol. The number of nitrogens with two attached hydrogens (primary N) is 1. The fourth-order valence-electron chi connectivity index (χ4n) is 2.96. The van der Waals surface area contributed by atoms with Crippen LogP contribution in [0.15, 0.2) is 53.5 Å². The number of nitrogens with one attached hydrogen (secondary N) is 1. The van der Waals surface area contributed by atoms with Gasteiger partial charge in [0, 0.05) is 18.8 Å². The number of anilines is 1. The summed E-state index contributed by atoms with van der Waals surface area (Å²) in [6.45, 7) is 3.99. The molecule has 158 valence electrons. The van der Waals surface area contributed by atoms with Gasteiger partial charge >= 0.3 is 0 Å². The zero-order valence-corrected chi connectivity index (χ0v) is 19.5. The maximum atomic E-state index is 12.7. The normalized spacial score (nSPS) is 15.6. The second-order valence-corrected chi connectivity index (χ2v) is 8.70. The van der Waals surface area contributed by atoms with Crippen molar-refractivity contribution in [2.24, 2.45) is 10.7 Å². The molecule has 1 heterocycles. The van der Waals surface area contributed by atoms with Gasteiger partial charge in [-0.25, -0.2) is 13.4 Å². The highest BCUT2D eigenvalue weighted by Gasteiger charge is 2.25. The number of aryl methyl sites for hydroxylation is 1. The molecule has 0 spiro atoms. The lowest BCUT2D eigenvalue weighted by Gasteiger charge is -2.26. The second-order valence-electron chi connectivity index (χ2n) is 6.73. The number of aliphatic imine (C=N–C) groups is 1. The molecule has 1 aliphatic rings. The lowest BCUT2D eigenvalue weighted by Crippen LogP contribution is -2.41. The molecule has 0 aromatic heterocycles. The number of sulfonamides is 1. The first-order valence-corrected chi connectivity index (χ1v) is 10.8. The Balaban J connectivity index is 0.00000300. The van der Waals surface area contributed by atoms with Gasteiger partial charge in [-0.1, -0.05) is 42.0 Å². The van der Waals surface area contributed by atoms with Gasteiger partial charge in [-0.15, -0.1) is 24.0 Å². The molecule has 0 unspecified atom stereocenters. The van der Waals surface area contributed by atoms with E-state index in [-0.39, 0.29) is 35.7 Å². The van der Waals surface area contributed by atoms with Crippen LogP contribution in [0.3, 0.4) is 0 Å². The summed E-state index contributed by atoms with van der Waals surface area (Å²) in [5.41, 5.74) is 9.58. The largest absolute Gasteiger partial charge is 0.379 e. The van der Waals surface area contributed by atoms with Crippen LogP contribution < -0.4 is 11.1 Å². The van der Waals surface area contributed by atoms with Gasteiger partial charge in [0.1, 0.15) is 0 Å². The first-order valence-electron chi connectivity index (χ1n) is 9.20. The summed E-state index contributed by atoms with van der Waals surface area (Å²) in [5.74, 6) is 0.235. The Labute approximate surface area is 189 Å². The lowest BCUT2D eigenvalue weighted by molar-refractivity contribution is 0.0729. The van der Waals surface area contributed by atoms with Gasteiger partial charge in [0.25, 0.3) is 0 Å². The first kappa shape index (κ1) is 23.6. The number of halogens is 1. The van der Waals surface area contributed by atoms with Crippen molar-refractivity contribution in [2.75, 3.05) is 31.6 Å². The highest BCUT2D eigenvalue weighted by molar-refractivity contribution is 14.0. The Kier molecular flexibility index (Phi) is 8.87. The van der Waals surface area contributed by atoms with Crippen molar-refractivity contribution in [1.82, 2.24) is 4.31 Å². The van der Waals surface area contributed by atoms with Crippen LogP contribution in [-0.2, 0) is 27.1 Å². The van der Waals surface area contributed by atoms with E-state index in [0.29, 0.717) is 32.8 Å². The predicted octanol–water partition coefficient (Wildman–Crippen LogP) is 2.70. The zero-order chi connectivity index (χ0) is 20.0. The SMILES string of the molecule is Cc1ccc(NC(N)=NCc2ccccc2CS(=O)(=O)N2CCOCC2)cc1.I. The van der Waals surface area contributed by atoms with Crippen molar-refractivity contribution in [3.63, 3.8) is 0 Å². The molecule has 1 fully saturated rings. The summed E-state index contributed by atoms with van der Waals surface area (Å²) >= 11 is 0. The fraction of sp³-hybridized carbons (Fsp3) is 0.350. The molecular formula is C20H27IN4O3S. The molecule has 2 aromatic carbocycles. The van der Waals surface area contributed by atoms with Crippen molar-refractivity contribution >= 4 is 45.6 Å². The minimum atomic E-state index is -3.39.